The van der Waals surface area contributed by atoms with Crippen LogP contribution in [0.5, 0.6) is 0 Å². The van der Waals surface area contributed by atoms with Crippen molar-refractivity contribution in [3.8, 4) is 6.07 Å². The van der Waals surface area contributed by atoms with Crippen LogP contribution < -0.4 is 5.32 Å². The molecular weight excluding hydrogens is 238 g/mol. The van der Waals surface area contributed by atoms with Crippen molar-refractivity contribution in [1.29, 1.82) is 5.26 Å². The molecule has 2 aromatic rings. The Labute approximate surface area is 104 Å². The predicted molar refractivity (Wildman–Crippen MR) is 64.7 cm³/mol. The summed E-state index contributed by atoms with van der Waals surface area (Å²) in [4.78, 5) is 3.94. The molecule has 1 heterocycles. The maximum absolute atomic E-state index is 8.84. The van der Waals surface area contributed by atoms with Crippen LogP contribution in [0.15, 0.2) is 28.7 Å². The number of aryl methyl sites for hydroxylation is 1. The number of nitriles is 1. The number of benzene rings is 1. The van der Waals surface area contributed by atoms with Gasteiger partial charge in [0, 0.05) is 18.5 Å². The van der Waals surface area contributed by atoms with Gasteiger partial charge in [0.15, 0.2) is 5.89 Å². The molecule has 0 radical (unpaired) electrons. The first-order chi connectivity index (χ1) is 8.20. The maximum Gasteiger partial charge on any atom is 0.232 e. The van der Waals surface area contributed by atoms with Crippen LogP contribution in [0.4, 0.5) is 5.88 Å². The third-order valence-electron chi connectivity index (χ3n) is 2.24. The van der Waals surface area contributed by atoms with Gasteiger partial charge in [0.2, 0.25) is 11.6 Å². The first kappa shape index (κ1) is 11.5. The van der Waals surface area contributed by atoms with Crippen LogP contribution in [0.3, 0.4) is 0 Å². The highest BCUT2D eigenvalue weighted by Crippen LogP contribution is 2.19. The van der Waals surface area contributed by atoms with Crippen molar-refractivity contribution in [2.75, 3.05) is 5.32 Å². The number of halogens is 1. The number of rotatable bonds is 3. The van der Waals surface area contributed by atoms with Crippen LogP contribution in [-0.2, 0) is 6.54 Å². The van der Waals surface area contributed by atoms with Gasteiger partial charge in [-0.2, -0.15) is 5.26 Å². The average Bonchev–Trinajstić information content (AvgIpc) is 2.69. The van der Waals surface area contributed by atoms with E-state index < -0.39 is 0 Å². The molecule has 1 N–H and O–H groups in total. The van der Waals surface area contributed by atoms with Crippen LogP contribution in [-0.4, -0.2) is 4.98 Å². The van der Waals surface area contributed by atoms with Crippen LogP contribution in [0.2, 0.25) is 5.02 Å². The molecule has 0 atom stereocenters. The molecule has 0 aliphatic rings. The molecule has 86 valence electrons. The largest absolute Gasteiger partial charge is 0.424 e. The highest BCUT2D eigenvalue weighted by Gasteiger charge is 2.10. The molecule has 0 unspecified atom stereocenters. The van der Waals surface area contributed by atoms with E-state index in [1.165, 1.54) is 0 Å². The normalized spacial score (nSPS) is 9.94. The fraction of sp³-hybridized carbons (Fsp3) is 0.167. The molecule has 0 saturated heterocycles. The summed E-state index contributed by atoms with van der Waals surface area (Å²) in [5.41, 5.74) is 1.20. The Kier molecular flexibility index (Phi) is 3.31. The van der Waals surface area contributed by atoms with Crippen LogP contribution in [0.1, 0.15) is 17.1 Å². The zero-order chi connectivity index (χ0) is 12.3. The lowest BCUT2D eigenvalue weighted by Crippen LogP contribution is -2.00. The number of hydrogen-bond acceptors (Lipinski definition) is 4. The molecule has 1 aromatic heterocycles. The lowest BCUT2D eigenvalue weighted by atomic mass is 10.2. The van der Waals surface area contributed by atoms with Gasteiger partial charge in [-0.25, -0.2) is 4.98 Å². The highest BCUT2D eigenvalue weighted by atomic mass is 35.5. The molecular formula is C12H10ClN3O. The van der Waals surface area contributed by atoms with E-state index in [0.29, 0.717) is 23.3 Å². The highest BCUT2D eigenvalue weighted by molar-refractivity contribution is 6.31. The Balaban J connectivity index is 2.13. The molecule has 2 rings (SSSR count). The molecule has 0 bridgehead atoms. The lowest BCUT2D eigenvalue weighted by Gasteiger charge is -2.04. The Hall–Kier alpha value is -1.99. The summed E-state index contributed by atoms with van der Waals surface area (Å²) in [5, 5.41) is 12.5. The number of nitrogens with one attached hydrogen (secondary N) is 1. The van der Waals surface area contributed by atoms with E-state index in [4.69, 9.17) is 21.3 Å². The lowest BCUT2D eigenvalue weighted by molar-refractivity contribution is 0.532. The monoisotopic (exact) mass is 247 g/mol. The fourth-order valence-corrected chi connectivity index (χ4v) is 1.64. The molecule has 5 heteroatoms. The van der Waals surface area contributed by atoms with Crippen molar-refractivity contribution in [2.24, 2.45) is 0 Å². The van der Waals surface area contributed by atoms with E-state index in [1.54, 1.807) is 6.92 Å². The molecule has 0 saturated carbocycles. The molecule has 0 aliphatic heterocycles. The first-order valence-corrected chi connectivity index (χ1v) is 5.43. The van der Waals surface area contributed by atoms with Crippen LogP contribution in [0, 0.1) is 18.3 Å². The van der Waals surface area contributed by atoms with Gasteiger partial charge < -0.3 is 9.73 Å². The van der Waals surface area contributed by atoms with E-state index in [9.17, 15) is 0 Å². The molecule has 4 nitrogen and oxygen atoms in total. The molecule has 1 aromatic carbocycles. The molecule has 0 spiro atoms. The number of hydrogen-bond donors (Lipinski definition) is 1. The van der Waals surface area contributed by atoms with Gasteiger partial charge in [0.05, 0.1) is 0 Å². The van der Waals surface area contributed by atoms with Gasteiger partial charge in [0.25, 0.3) is 0 Å². The van der Waals surface area contributed by atoms with Gasteiger partial charge in [-0.15, -0.1) is 0 Å². The van der Waals surface area contributed by atoms with Crippen molar-refractivity contribution < 1.29 is 4.42 Å². The first-order valence-electron chi connectivity index (χ1n) is 5.05. The quantitative estimate of drug-likeness (QED) is 0.905. The molecule has 0 fully saturated rings. The summed E-state index contributed by atoms with van der Waals surface area (Å²) in [6.45, 7) is 2.19. The van der Waals surface area contributed by atoms with Gasteiger partial charge in [-0.1, -0.05) is 29.8 Å². The topological polar surface area (TPSA) is 61.9 Å². The smallest absolute Gasteiger partial charge is 0.232 e. The Morgan fingerprint density at radius 3 is 2.94 bits per heavy atom. The molecule has 0 aliphatic carbocycles. The minimum Gasteiger partial charge on any atom is -0.424 e. The minimum atomic E-state index is 0.259. The Morgan fingerprint density at radius 1 is 1.47 bits per heavy atom. The number of anilines is 1. The summed E-state index contributed by atoms with van der Waals surface area (Å²) >= 11 is 6.02. The maximum atomic E-state index is 8.84. The predicted octanol–water partition coefficient (Wildman–Crippen LogP) is 3.12. The van der Waals surface area contributed by atoms with Gasteiger partial charge in [-0.05, 0) is 11.6 Å². The SMILES string of the molecule is Cc1nc(C#N)c(NCc2ccccc2Cl)o1. The van der Waals surface area contributed by atoms with Crippen LogP contribution >= 0.6 is 11.6 Å². The second-order valence-corrected chi connectivity index (χ2v) is 3.87. The van der Waals surface area contributed by atoms with E-state index in [0.717, 1.165) is 5.56 Å². The summed E-state index contributed by atoms with van der Waals surface area (Å²) in [6, 6.07) is 9.46. The third-order valence-corrected chi connectivity index (χ3v) is 2.61. The number of aromatic nitrogens is 1. The van der Waals surface area contributed by atoms with Crippen molar-refractivity contribution in [3.05, 3.63) is 46.4 Å². The summed E-state index contributed by atoms with van der Waals surface area (Å²) < 4.78 is 5.28. The van der Waals surface area contributed by atoms with Gasteiger partial charge in [0.1, 0.15) is 6.07 Å². The van der Waals surface area contributed by atoms with Gasteiger partial charge in [-0.3, -0.25) is 0 Å². The minimum absolute atomic E-state index is 0.259. The molecule has 0 amide bonds. The van der Waals surface area contributed by atoms with Crippen LogP contribution in [0.25, 0.3) is 0 Å². The van der Waals surface area contributed by atoms with Gasteiger partial charge >= 0.3 is 0 Å². The van der Waals surface area contributed by atoms with Crippen molar-refractivity contribution in [2.45, 2.75) is 13.5 Å². The van der Waals surface area contributed by atoms with Crippen molar-refractivity contribution in [3.63, 3.8) is 0 Å². The summed E-state index contributed by atoms with van der Waals surface area (Å²) in [6.07, 6.45) is 0. The second-order valence-electron chi connectivity index (χ2n) is 3.47. The zero-order valence-corrected chi connectivity index (χ0v) is 9.95. The van der Waals surface area contributed by atoms with E-state index in [2.05, 4.69) is 10.3 Å². The Morgan fingerprint density at radius 2 is 2.24 bits per heavy atom. The summed E-state index contributed by atoms with van der Waals surface area (Å²) in [7, 11) is 0. The van der Waals surface area contributed by atoms with E-state index in [1.807, 2.05) is 30.3 Å². The van der Waals surface area contributed by atoms with Crippen molar-refractivity contribution >= 4 is 17.5 Å². The average molecular weight is 248 g/mol. The number of nitrogens with zero attached hydrogens (tertiary/aromatic N) is 2. The van der Waals surface area contributed by atoms with Crippen molar-refractivity contribution in [1.82, 2.24) is 4.98 Å². The Bertz CT molecular complexity index is 571. The zero-order valence-electron chi connectivity index (χ0n) is 9.20. The summed E-state index contributed by atoms with van der Waals surface area (Å²) in [5.74, 6) is 0.841. The second kappa shape index (κ2) is 4.89. The van der Waals surface area contributed by atoms with E-state index >= 15 is 0 Å². The molecule has 17 heavy (non-hydrogen) atoms. The third kappa shape index (κ3) is 2.58. The number of oxazole rings is 1. The van der Waals surface area contributed by atoms with E-state index in [-0.39, 0.29) is 5.69 Å². The fourth-order valence-electron chi connectivity index (χ4n) is 1.44. The standard InChI is InChI=1S/C12H10ClN3O/c1-8-16-11(6-14)12(17-8)15-7-9-4-2-3-5-10(9)13/h2-5,15H,7H2,1H3.